The van der Waals surface area contributed by atoms with Gasteiger partial charge in [-0.1, -0.05) is 11.2 Å². The van der Waals surface area contributed by atoms with Crippen LogP contribution < -0.4 is 5.32 Å². The van der Waals surface area contributed by atoms with Gasteiger partial charge in [0.25, 0.3) is 5.89 Å². The van der Waals surface area contributed by atoms with Crippen molar-refractivity contribution >= 4 is 11.3 Å². The molecule has 2 aromatic rings. The average molecular weight is 290 g/mol. The van der Waals surface area contributed by atoms with Gasteiger partial charge in [0.05, 0.1) is 11.4 Å². The lowest BCUT2D eigenvalue weighted by molar-refractivity contribution is 0.298. The quantitative estimate of drug-likeness (QED) is 0.937. The van der Waals surface area contributed by atoms with Crippen molar-refractivity contribution in [2.75, 3.05) is 19.6 Å². The maximum absolute atomic E-state index is 5.35. The largest absolute Gasteiger partial charge is 0.333 e. The summed E-state index contributed by atoms with van der Waals surface area (Å²) in [6, 6.07) is 4.67. The van der Waals surface area contributed by atoms with Crippen LogP contribution in [0.5, 0.6) is 0 Å². The highest BCUT2D eigenvalue weighted by Crippen LogP contribution is 2.26. The SMILES string of the molecule is c1csc(-c2nc(CN3C[C@@H]4CCCN[C@@H]4C3)no2)c1. The summed E-state index contributed by atoms with van der Waals surface area (Å²) in [5.74, 6) is 2.24. The van der Waals surface area contributed by atoms with E-state index in [-0.39, 0.29) is 0 Å². The molecule has 4 rings (SSSR count). The molecule has 0 aromatic carbocycles. The number of nitrogens with one attached hydrogen (secondary N) is 1. The van der Waals surface area contributed by atoms with Crippen LogP contribution >= 0.6 is 11.3 Å². The summed E-state index contributed by atoms with van der Waals surface area (Å²) in [5, 5.41) is 9.76. The number of hydrogen-bond donors (Lipinski definition) is 1. The van der Waals surface area contributed by atoms with E-state index in [0.717, 1.165) is 36.3 Å². The summed E-state index contributed by atoms with van der Waals surface area (Å²) < 4.78 is 5.35. The zero-order chi connectivity index (χ0) is 13.4. The molecule has 0 radical (unpaired) electrons. The van der Waals surface area contributed by atoms with Crippen molar-refractivity contribution in [3.05, 3.63) is 23.3 Å². The Morgan fingerprint density at radius 2 is 2.45 bits per heavy atom. The Balaban J connectivity index is 1.42. The molecular formula is C14H18N4OS. The van der Waals surface area contributed by atoms with Crippen LogP contribution in [0.15, 0.2) is 22.0 Å². The number of rotatable bonds is 3. The molecule has 0 saturated carbocycles. The van der Waals surface area contributed by atoms with Crippen molar-refractivity contribution in [3.63, 3.8) is 0 Å². The van der Waals surface area contributed by atoms with Gasteiger partial charge in [-0.05, 0) is 36.8 Å². The molecule has 5 nitrogen and oxygen atoms in total. The lowest BCUT2D eigenvalue weighted by Gasteiger charge is -2.24. The predicted octanol–water partition coefficient (Wildman–Crippen LogP) is 1.98. The fourth-order valence-electron chi connectivity index (χ4n) is 3.28. The Morgan fingerprint density at radius 3 is 3.30 bits per heavy atom. The van der Waals surface area contributed by atoms with Crippen molar-refractivity contribution < 1.29 is 4.52 Å². The van der Waals surface area contributed by atoms with Crippen LogP contribution in [0.2, 0.25) is 0 Å². The van der Waals surface area contributed by atoms with E-state index >= 15 is 0 Å². The first-order valence-electron chi connectivity index (χ1n) is 7.21. The first kappa shape index (κ1) is 12.5. The second-order valence-corrected chi connectivity index (χ2v) is 6.60. The van der Waals surface area contributed by atoms with Gasteiger partial charge in [-0.2, -0.15) is 4.98 Å². The smallest absolute Gasteiger partial charge is 0.268 e. The second kappa shape index (κ2) is 5.27. The number of likely N-dealkylation sites (tertiary alicyclic amines) is 1. The van der Waals surface area contributed by atoms with Gasteiger partial charge in [0.2, 0.25) is 0 Å². The number of nitrogens with zero attached hydrogens (tertiary/aromatic N) is 3. The molecule has 0 spiro atoms. The summed E-state index contributed by atoms with van der Waals surface area (Å²) in [5.41, 5.74) is 0. The Hall–Kier alpha value is -1.24. The molecule has 2 aliphatic heterocycles. The molecule has 0 amide bonds. The van der Waals surface area contributed by atoms with Crippen molar-refractivity contribution in [2.24, 2.45) is 5.92 Å². The summed E-state index contributed by atoms with van der Waals surface area (Å²) in [4.78, 5) is 7.99. The number of piperidine rings is 1. The maximum Gasteiger partial charge on any atom is 0.268 e. The van der Waals surface area contributed by atoms with Gasteiger partial charge in [0.15, 0.2) is 5.82 Å². The average Bonchev–Trinajstić information content (AvgIpc) is 3.18. The zero-order valence-corrected chi connectivity index (χ0v) is 12.1. The molecular weight excluding hydrogens is 272 g/mol. The number of aromatic nitrogens is 2. The van der Waals surface area contributed by atoms with Gasteiger partial charge in [-0.25, -0.2) is 0 Å². The fraction of sp³-hybridized carbons (Fsp3) is 0.571. The van der Waals surface area contributed by atoms with Crippen molar-refractivity contribution in [1.82, 2.24) is 20.4 Å². The molecule has 0 aliphatic carbocycles. The lowest BCUT2D eigenvalue weighted by Crippen LogP contribution is -2.40. The highest BCUT2D eigenvalue weighted by atomic mass is 32.1. The molecule has 20 heavy (non-hydrogen) atoms. The van der Waals surface area contributed by atoms with E-state index in [0.29, 0.717) is 11.9 Å². The van der Waals surface area contributed by atoms with Crippen LogP contribution in [0.4, 0.5) is 0 Å². The second-order valence-electron chi connectivity index (χ2n) is 5.65. The molecule has 0 unspecified atom stereocenters. The highest BCUT2D eigenvalue weighted by Gasteiger charge is 2.34. The maximum atomic E-state index is 5.35. The van der Waals surface area contributed by atoms with E-state index in [1.54, 1.807) is 11.3 Å². The summed E-state index contributed by atoms with van der Waals surface area (Å²) in [6.45, 7) is 4.22. The van der Waals surface area contributed by atoms with Gasteiger partial charge < -0.3 is 9.84 Å². The topological polar surface area (TPSA) is 54.2 Å². The van der Waals surface area contributed by atoms with Crippen LogP contribution in [0.25, 0.3) is 10.8 Å². The van der Waals surface area contributed by atoms with Crippen molar-refractivity contribution in [2.45, 2.75) is 25.4 Å². The molecule has 2 saturated heterocycles. The molecule has 1 N–H and O–H groups in total. The molecule has 106 valence electrons. The van der Waals surface area contributed by atoms with Gasteiger partial charge in [0, 0.05) is 19.1 Å². The Bertz CT molecular complexity index is 554. The minimum absolute atomic E-state index is 0.643. The minimum atomic E-state index is 0.643. The van der Waals surface area contributed by atoms with E-state index in [2.05, 4.69) is 20.4 Å². The van der Waals surface area contributed by atoms with E-state index < -0.39 is 0 Å². The van der Waals surface area contributed by atoms with E-state index in [9.17, 15) is 0 Å². The molecule has 2 aromatic heterocycles. The number of fused-ring (bicyclic) bond motifs is 1. The van der Waals surface area contributed by atoms with Gasteiger partial charge >= 0.3 is 0 Å². The third-order valence-electron chi connectivity index (χ3n) is 4.24. The zero-order valence-electron chi connectivity index (χ0n) is 11.3. The lowest BCUT2D eigenvalue weighted by atomic mass is 9.94. The molecule has 6 heteroatoms. The minimum Gasteiger partial charge on any atom is -0.333 e. The van der Waals surface area contributed by atoms with Crippen LogP contribution in [-0.4, -0.2) is 40.7 Å². The van der Waals surface area contributed by atoms with E-state index in [4.69, 9.17) is 4.52 Å². The van der Waals surface area contributed by atoms with E-state index in [1.807, 2.05) is 17.5 Å². The third-order valence-corrected chi connectivity index (χ3v) is 5.10. The highest BCUT2D eigenvalue weighted by molar-refractivity contribution is 7.13. The summed E-state index contributed by atoms with van der Waals surface area (Å²) in [6.07, 6.45) is 2.65. The Morgan fingerprint density at radius 1 is 1.45 bits per heavy atom. The molecule has 2 fully saturated rings. The van der Waals surface area contributed by atoms with Crippen molar-refractivity contribution in [1.29, 1.82) is 0 Å². The number of hydrogen-bond acceptors (Lipinski definition) is 6. The van der Waals surface area contributed by atoms with Crippen molar-refractivity contribution in [3.8, 4) is 10.8 Å². The van der Waals surface area contributed by atoms with Gasteiger partial charge in [-0.15, -0.1) is 11.3 Å². The van der Waals surface area contributed by atoms with E-state index in [1.165, 1.54) is 19.4 Å². The number of thiophene rings is 1. The molecule has 0 bridgehead atoms. The summed E-state index contributed by atoms with van der Waals surface area (Å²) in [7, 11) is 0. The standard InChI is InChI=1S/C14H18N4OS/c1-3-10-7-18(8-11(10)15-5-1)9-13-16-14(19-17-13)12-4-2-6-20-12/h2,4,6,10-11,15H,1,3,5,7-9H2/t10-,11+/m0/s1. The van der Waals surface area contributed by atoms with Crippen LogP contribution in [0.3, 0.4) is 0 Å². The van der Waals surface area contributed by atoms with Gasteiger partial charge in [0.1, 0.15) is 0 Å². The monoisotopic (exact) mass is 290 g/mol. The molecule has 2 atom stereocenters. The Kier molecular flexibility index (Phi) is 3.29. The molecule has 2 aliphatic rings. The van der Waals surface area contributed by atoms with Crippen LogP contribution in [0.1, 0.15) is 18.7 Å². The van der Waals surface area contributed by atoms with Gasteiger partial charge in [-0.3, -0.25) is 4.90 Å². The predicted molar refractivity (Wildman–Crippen MR) is 77.4 cm³/mol. The third kappa shape index (κ3) is 2.39. The first-order chi connectivity index (χ1) is 9.88. The van der Waals surface area contributed by atoms with Crippen LogP contribution in [-0.2, 0) is 6.54 Å². The summed E-state index contributed by atoms with van der Waals surface area (Å²) >= 11 is 1.63. The first-order valence-corrected chi connectivity index (χ1v) is 8.08. The Labute approximate surface area is 122 Å². The molecule has 4 heterocycles. The van der Waals surface area contributed by atoms with Crippen LogP contribution in [0, 0.1) is 5.92 Å². The fourth-order valence-corrected chi connectivity index (χ4v) is 3.93. The normalized spacial score (nSPS) is 26.8.